The molecule has 2 aromatic carbocycles. The van der Waals surface area contributed by atoms with E-state index in [0.717, 1.165) is 119 Å². The first-order chi connectivity index (χ1) is 22.6. The molecule has 14 heteroatoms. The molecular formula is C32H32F2N10S2. The second kappa shape index (κ2) is 14.0. The lowest BCUT2D eigenvalue weighted by molar-refractivity contribution is 0.586. The number of aromatic nitrogens is 6. The maximum absolute atomic E-state index is 13.1. The minimum atomic E-state index is -0.244. The fourth-order valence-corrected chi connectivity index (χ4v) is 7.27. The van der Waals surface area contributed by atoms with E-state index in [2.05, 4.69) is 40.4 Å². The van der Waals surface area contributed by atoms with Gasteiger partial charge in [0.05, 0.1) is 5.01 Å². The van der Waals surface area contributed by atoms with Crippen molar-refractivity contribution in [2.45, 2.75) is 12.8 Å². The van der Waals surface area contributed by atoms with Crippen molar-refractivity contribution in [1.82, 2.24) is 40.5 Å². The highest BCUT2D eigenvalue weighted by molar-refractivity contribution is 7.21. The molecule has 2 saturated heterocycles. The monoisotopic (exact) mass is 658 g/mol. The molecule has 10 nitrogen and oxygen atoms in total. The zero-order chi connectivity index (χ0) is 31.3. The van der Waals surface area contributed by atoms with Gasteiger partial charge in [0.1, 0.15) is 50.0 Å². The lowest BCUT2D eigenvalue weighted by atomic mass is 10.1. The van der Waals surface area contributed by atoms with Crippen LogP contribution in [0.3, 0.4) is 0 Å². The summed E-state index contributed by atoms with van der Waals surface area (Å²) in [6, 6.07) is 13.0. The zero-order valence-electron chi connectivity index (χ0n) is 25.0. The minimum absolute atomic E-state index is 0.199. The molecule has 0 bridgehead atoms. The fourth-order valence-electron chi connectivity index (χ4n) is 5.47. The van der Waals surface area contributed by atoms with Crippen molar-refractivity contribution in [1.29, 1.82) is 0 Å². The Morgan fingerprint density at radius 3 is 1.72 bits per heavy atom. The molecule has 6 aromatic rings. The van der Waals surface area contributed by atoms with E-state index in [9.17, 15) is 8.78 Å². The SMILES string of the molecule is Fc1ccc(-c2nc3c(N4CCNCC4)ncnc3s2)cc1.Fc1ccc(CCc2nc3c(N4CCNCC4)ncnc3s2)cc1. The van der Waals surface area contributed by atoms with Gasteiger partial charge in [-0.25, -0.2) is 38.7 Å². The van der Waals surface area contributed by atoms with E-state index in [1.54, 1.807) is 36.1 Å². The first-order valence-corrected chi connectivity index (χ1v) is 16.9. The van der Waals surface area contributed by atoms with Crippen LogP contribution in [0.1, 0.15) is 10.6 Å². The quantitative estimate of drug-likeness (QED) is 0.261. The van der Waals surface area contributed by atoms with E-state index in [4.69, 9.17) is 9.97 Å². The van der Waals surface area contributed by atoms with Gasteiger partial charge in [-0.15, -0.1) is 0 Å². The average Bonchev–Trinajstić information content (AvgIpc) is 3.74. The summed E-state index contributed by atoms with van der Waals surface area (Å²) in [5.74, 6) is 1.38. The van der Waals surface area contributed by atoms with Crippen LogP contribution in [0.15, 0.2) is 61.2 Å². The number of nitrogens with zero attached hydrogens (tertiary/aromatic N) is 8. The molecule has 8 rings (SSSR count). The molecule has 0 aliphatic carbocycles. The number of piperazine rings is 2. The number of halogens is 2. The first-order valence-electron chi connectivity index (χ1n) is 15.2. The van der Waals surface area contributed by atoms with Crippen molar-refractivity contribution in [2.75, 3.05) is 62.2 Å². The molecule has 46 heavy (non-hydrogen) atoms. The molecule has 2 fully saturated rings. The van der Waals surface area contributed by atoms with E-state index < -0.39 is 0 Å². The van der Waals surface area contributed by atoms with Gasteiger partial charge in [0.2, 0.25) is 0 Å². The van der Waals surface area contributed by atoms with Crippen molar-refractivity contribution < 1.29 is 8.78 Å². The largest absolute Gasteiger partial charge is 0.352 e. The van der Waals surface area contributed by atoms with Gasteiger partial charge in [-0.05, 0) is 48.4 Å². The lowest BCUT2D eigenvalue weighted by Gasteiger charge is -2.28. The highest BCUT2D eigenvalue weighted by Gasteiger charge is 2.20. The van der Waals surface area contributed by atoms with Crippen LogP contribution in [-0.4, -0.2) is 82.3 Å². The van der Waals surface area contributed by atoms with Gasteiger partial charge in [0.15, 0.2) is 11.6 Å². The highest BCUT2D eigenvalue weighted by Crippen LogP contribution is 2.33. The molecule has 236 valence electrons. The van der Waals surface area contributed by atoms with E-state index >= 15 is 0 Å². The van der Waals surface area contributed by atoms with Crippen LogP contribution in [0.25, 0.3) is 31.3 Å². The van der Waals surface area contributed by atoms with Gasteiger partial charge in [0.25, 0.3) is 0 Å². The molecule has 4 aromatic heterocycles. The van der Waals surface area contributed by atoms with Crippen LogP contribution in [0.2, 0.25) is 0 Å². The Balaban J connectivity index is 0.000000147. The maximum atomic E-state index is 13.1. The molecular weight excluding hydrogens is 627 g/mol. The highest BCUT2D eigenvalue weighted by atomic mass is 32.1. The maximum Gasteiger partial charge on any atom is 0.159 e. The van der Waals surface area contributed by atoms with Crippen LogP contribution in [0.5, 0.6) is 0 Å². The molecule has 0 unspecified atom stereocenters. The Morgan fingerprint density at radius 1 is 0.609 bits per heavy atom. The number of aryl methyl sites for hydroxylation is 2. The van der Waals surface area contributed by atoms with Crippen molar-refractivity contribution >= 4 is 55.0 Å². The first kappa shape index (κ1) is 30.4. The summed E-state index contributed by atoms with van der Waals surface area (Å²) in [4.78, 5) is 33.4. The Kier molecular flexibility index (Phi) is 9.28. The predicted octanol–water partition coefficient (Wildman–Crippen LogP) is 4.72. The minimum Gasteiger partial charge on any atom is -0.352 e. The van der Waals surface area contributed by atoms with E-state index in [-0.39, 0.29) is 11.6 Å². The Labute approximate surface area is 272 Å². The smallest absolute Gasteiger partial charge is 0.159 e. The number of rotatable bonds is 6. The van der Waals surface area contributed by atoms with Crippen LogP contribution >= 0.6 is 22.7 Å². The summed E-state index contributed by atoms with van der Waals surface area (Å²) in [5, 5.41) is 8.57. The van der Waals surface area contributed by atoms with Gasteiger partial charge in [-0.1, -0.05) is 34.8 Å². The van der Waals surface area contributed by atoms with Crippen LogP contribution in [-0.2, 0) is 12.8 Å². The third kappa shape index (κ3) is 6.94. The summed E-state index contributed by atoms with van der Waals surface area (Å²) >= 11 is 3.13. The molecule has 0 amide bonds. The third-order valence-corrected chi connectivity index (χ3v) is 9.90. The average molecular weight is 659 g/mol. The van der Waals surface area contributed by atoms with Crippen molar-refractivity contribution in [3.63, 3.8) is 0 Å². The normalized spacial score (nSPS) is 15.3. The van der Waals surface area contributed by atoms with E-state index in [1.807, 2.05) is 12.1 Å². The number of anilines is 2. The van der Waals surface area contributed by atoms with Gasteiger partial charge in [-0.3, -0.25) is 0 Å². The van der Waals surface area contributed by atoms with Crippen LogP contribution in [0, 0.1) is 11.6 Å². The van der Waals surface area contributed by atoms with Gasteiger partial charge in [0, 0.05) is 64.3 Å². The standard InChI is InChI=1S/C17H18FN5S.C15H14FN5S/c18-13-4-1-12(2-5-13)3-6-14-22-15-16(20-11-21-17(15)24-14)23-9-7-19-8-10-23;16-11-3-1-10(2-4-11)14-20-12-13(18-9-19-15(12)22-14)21-7-5-17-6-8-21/h1-2,4-5,11,19H,3,6-10H2;1-4,9,17H,5-8H2. The third-order valence-electron chi connectivity index (χ3n) is 7.86. The topological polar surface area (TPSA) is 108 Å². The number of hydrogen-bond acceptors (Lipinski definition) is 12. The number of nitrogens with one attached hydrogen (secondary N) is 2. The number of benzene rings is 2. The van der Waals surface area contributed by atoms with Crippen molar-refractivity contribution in [3.8, 4) is 10.6 Å². The Bertz CT molecular complexity index is 1900. The molecule has 6 heterocycles. The van der Waals surface area contributed by atoms with Crippen LogP contribution < -0.4 is 20.4 Å². The molecule has 0 radical (unpaired) electrons. The Morgan fingerprint density at radius 2 is 1.13 bits per heavy atom. The zero-order valence-corrected chi connectivity index (χ0v) is 26.6. The second-order valence-electron chi connectivity index (χ2n) is 10.9. The molecule has 0 saturated carbocycles. The Hall–Kier alpha value is -4.24. The van der Waals surface area contributed by atoms with Crippen LogP contribution in [0.4, 0.5) is 20.4 Å². The number of hydrogen-bond donors (Lipinski definition) is 2. The molecule has 2 aliphatic rings. The molecule has 0 atom stereocenters. The van der Waals surface area contributed by atoms with Gasteiger partial charge >= 0.3 is 0 Å². The van der Waals surface area contributed by atoms with Gasteiger partial charge < -0.3 is 20.4 Å². The van der Waals surface area contributed by atoms with E-state index in [1.165, 1.54) is 35.6 Å². The second-order valence-corrected chi connectivity index (χ2v) is 13.0. The number of fused-ring (bicyclic) bond motifs is 2. The predicted molar refractivity (Wildman–Crippen MR) is 180 cm³/mol. The molecule has 2 aliphatic heterocycles. The van der Waals surface area contributed by atoms with Crippen molar-refractivity contribution in [3.05, 3.63) is 83.4 Å². The molecule has 0 spiro atoms. The van der Waals surface area contributed by atoms with Crippen molar-refractivity contribution in [2.24, 2.45) is 0 Å². The fraction of sp³-hybridized carbons (Fsp3) is 0.312. The summed E-state index contributed by atoms with van der Waals surface area (Å²) in [6.07, 6.45) is 4.89. The molecule has 2 N–H and O–H groups in total. The number of thiazole rings is 2. The van der Waals surface area contributed by atoms with E-state index in [0.29, 0.717) is 0 Å². The summed E-state index contributed by atoms with van der Waals surface area (Å²) in [7, 11) is 0. The summed E-state index contributed by atoms with van der Waals surface area (Å²) < 4.78 is 26.0. The summed E-state index contributed by atoms with van der Waals surface area (Å²) in [5.41, 5.74) is 3.74. The lowest BCUT2D eigenvalue weighted by Crippen LogP contribution is -2.44. The van der Waals surface area contributed by atoms with Gasteiger partial charge in [-0.2, -0.15) is 0 Å². The summed E-state index contributed by atoms with van der Waals surface area (Å²) in [6.45, 7) is 7.52.